The Kier molecular flexibility index (Phi) is 7.34. The predicted octanol–water partition coefficient (Wildman–Crippen LogP) is 4.54. The molecule has 0 aliphatic heterocycles. The zero-order chi connectivity index (χ0) is 21.3. The van der Waals surface area contributed by atoms with Crippen LogP contribution in [0.1, 0.15) is 21.5 Å². The molecule has 2 amide bonds. The number of hydrazone groups is 1. The van der Waals surface area contributed by atoms with E-state index in [-0.39, 0.29) is 18.4 Å². The van der Waals surface area contributed by atoms with E-state index in [0.717, 1.165) is 16.8 Å². The zero-order valence-electron chi connectivity index (χ0n) is 16.3. The van der Waals surface area contributed by atoms with Crippen LogP contribution in [-0.2, 0) is 4.79 Å². The highest BCUT2D eigenvalue weighted by molar-refractivity contribution is 9.10. The maximum absolute atomic E-state index is 12.1. The molecule has 0 atom stereocenters. The van der Waals surface area contributed by atoms with Crippen molar-refractivity contribution in [3.05, 3.63) is 94.0 Å². The lowest BCUT2D eigenvalue weighted by Gasteiger charge is -2.10. The van der Waals surface area contributed by atoms with Crippen molar-refractivity contribution in [2.24, 2.45) is 5.10 Å². The summed E-state index contributed by atoms with van der Waals surface area (Å²) in [6.07, 6.45) is 1.53. The van der Waals surface area contributed by atoms with Crippen molar-refractivity contribution in [3.8, 4) is 5.75 Å². The smallest absolute Gasteiger partial charge is 0.271 e. The van der Waals surface area contributed by atoms with E-state index in [4.69, 9.17) is 4.74 Å². The number of nitrogens with zero attached hydrogens (tertiary/aromatic N) is 1. The average molecular weight is 466 g/mol. The summed E-state index contributed by atoms with van der Waals surface area (Å²) in [5.41, 5.74) is 5.51. The SMILES string of the molecule is Cc1ccccc1NC(=O)COc1ccc(/C=N/NC(=O)c2ccccc2)cc1Br. The van der Waals surface area contributed by atoms with Gasteiger partial charge in [-0.3, -0.25) is 9.59 Å². The fourth-order valence-corrected chi connectivity index (χ4v) is 3.09. The van der Waals surface area contributed by atoms with Crippen LogP contribution in [0.2, 0.25) is 0 Å². The van der Waals surface area contributed by atoms with Crippen LogP contribution in [0.5, 0.6) is 5.75 Å². The fraction of sp³-hybridized carbons (Fsp3) is 0.0870. The zero-order valence-corrected chi connectivity index (χ0v) is 17.8. The van der Waals surface area contributed by atoms with Gasteiger partial charge in [0, 0.05) is 11.3 Å². The molecule has 0 aliphatic carbocycles. The first-order valence-corrected chi connectivity index (χ1v) is 9.98. The first-order chi connectivity index (χ1) is 14.5. The quantitative estimate of drug-likeness (QED) is 0.397. The fourth-order valence-electron chi connectivity index (χ4n) is 2.58. The Bertz CT molecular complexity index is 1070. The third-order valence-corrected chi connectivity index (χ3v) is 4.77. The van der Waals surface area contributed by atoms with E-state index in [1.165, 1.54) is 6.21 Å². The standard InChI is InChI=1S/C23H20BrN3O3/c1-16-7-5-6-10-20(16)26-22(28)15-30-21-12-11-17(13-19(21)24)14-25-27-23(29)18-8-3-2-4-9-18/h2-14H,15H2,1H3,(H,26,28)(H,27,29)/b25-14+. The monoisotopic (exact) mass is 465 g/mol. The number of benzene rings is 3. The highest BCUT2D eigenvalue weighted by Gasteiger charge is 2.08. The van der Waals surface area contributed by atoms with Crippen molar-refractivity contribution < 1.29 is 14.3 Å². The maximum atomic E-state index is 12.1. The van der Waals surface area contributed by atoms with Gasteiger partial charge in [-0.1, -0.05) is 36.4 Å². The topological polar surface area (TPSA) is 79.8 Å². The number of carbonyl (C=O) groups is 2. The van der Waals surface area contributed by atoms with E-state index >= 15 is 0 Å². The molecule has 0 radical (unpaired) electrons. The summed E-state index contributed by atoms with van der Waals surface area (Å²) >= 11 is 3.43. The normalized spacial score (nSPS) is 10.6. The van der Waals surface area contributed by atoms with E-state index in [0.29, 0.717) is 15.8 Å². The molecule has 0 saturated carbocycles. The molecule has 0 unspecified atom stereocenters. The van der Waals surface area contributed by atoms with E-state index in [9.17, 15) is 9.59 Å². The molecule has 0 saturated heterocycles. The van der Waals surface area contributed by atoms with E-state index in [1.807, 2.05) is 37.3 Å². The van der Waals surface area contributed by atoms with Gasteiger partial charge in [0.2, 0.25) is 0 Å². The largest absolute Gasteiger partial charge is 0.483 e. The Hall–Kier alpha value is -3.45. The molecule has 6 nitrogen and oxygen atoms in total. The summed E-state index contributed by atoms with van der Waals surface area (Å²) < 4.78 is 6.26. The molecule has 3 aromatic carbocycles. The highest BCUT2D eigenvalue weighted by atomic mass is 79.9. The number of nitrogens with one attached hydrogen (secondary N) is 2. The van der Waals surface area contributed by atoms with E-state index in [1.54, 1.807) is 42.5 Å². The molecule has 30 heavy (non-hydrogen) atoms. The number of ether oxygens (including phenoxy) is 1. The Morgan fingerprint density at radius 3 is 2.50 bits per heavy atom. The summed E-state index contributed by atoms with van der Waals surface area (Å²) in [5.74, 6) is -0.00333. The Labute approximate surface area is 183 Å². The van der Waals surface area contributed by atoms with Crippen LogP contribution in [0, 0.1) is 6.92 Å². The van der Waals surface area contributed by atoms with Crippen LogP contribution < -0.4 is 15.5 Å². The first kappa shape index (κ1) is 21.3. The molecule has 0 fully saturated rings. The van der Waals surface area contributed by atoms with Crippen LogP contribution in [0.3, 0.4) is 0 Å². The number of rotatable bonds is 7. The average Bonchev–Trinajstić information content (AvgIpc) is 2.75. The number of hydrogen-bond acceptors (Lipinski definition) is 4. The van der Waals surface area contributed by atoms with Gasteiger partial charge in [-0.15, -0.1) is 0 Å². The highest BCUT2D eigenvalue weighted by Crippen LogP contribution is 2.25. The molecule has 0 spiro atoms. The predicted molar refractivity (Wildman–Crippen MR) is 121 cm³/mol. The lowest BCUT2D eigenvalue weighted by molar-refractivity contribution is -0.118. The summed E-state index contributed by atoms with van der Waals surface area (Å²) in [5, 5.41) is 6.79. The van der Waals surface area contributed by atoms with E-state index in [2.05, 4.69) is 31.8 Å². The number of aryl methyl sites for hydroxylation is 1. The van der Waals surface area contributed by atoms with Crippen molar-refractivity contribution in [2.45, 2.75) is 6.92 Å². The van der Waals surface area contributed by atoms with E-state index < -0.39 is 0 Å². The van der Waals surface area contributed by atoms with Crippen molar-refractivity contribution in [3.63, 3.8) is 0 Å². The molecule has 0 aromatic heterocycles. The van der Waals surface area contributed by atoms with Crippen LogP contribution in [0.4, 0.5) is 5.69 Å². The number of para-hydroxylation sites is 1. The Morgan fingerprint density at radius 1 is 1.03 bits per heavy atom. The van der Waals surface area contributed by atoms with Crippen molar-refractivity contribution in [2.75, 3.05) is 11.9 Å². The summed E-state index contributed by atoms with van der Waals surface area (Å²) in [4.78, 5) is 24.1. The number of anilines is 1. The number of halogens is 1. The van der Waals surface area contributed by atoms with Crippen LogP contribution >= 0.6 is 15.9 Å². The minimum Gasteiger partial charge on any atom is -0.483 e. The second-order valence-corrected chi connectivity index (χ2v) is 7.26. The molecule has 7 heteroatoms. The van der Waals surface area contributed by atoms with Gasteiger partial charge in [0.1, 0.15) is 5.75 Å². The molecule has 3 aromatic rings. The molecule has 0 bridgehead atoms. The Morgan fingerprint density at radius 2 is 1.77 bits per heavy atom. The minimum atomic E-state index is -0.287. The molecule has 2 N–H and O–H groups in total. The Balaban J connectivity index is 1.53. The van der Waals surface area contributed by atoms with Gasteiger partial charge in [0.15, 0.2) is 6.61 Å². The van der Waals surface area contributed by atoms with Crippen LogP contribution in [0.15, 0.2) is 82.4 Å². The number of amides is 2. The lowest BCUT2D eigenvalue weighted by atomic mass is 10.2. The van der Waals surface area contributed by atoms with Gasteiger partial charge in [-0.25, -0.2) is 5.43 Å². The van der Waals surface area contributed by atoms with Crippen LogP contribution in [0.25, 0.3) is 0 Å². The van der Waals surface area contributed by atoms with Gasteiger partial charge >= 0.3 is 0 Å². The third kappa shape index (κ3) is 6.02. The summed E-state index contributed by atoms with van der Waals surface area (Å²) in [6.45, 7) is 1.81. The molecule has 3 rings (SSSR count). The molecular formula is C23H20BrN3O3. The van der Waals surface area contributed by atoms with Gasteiger partial charge in [0.25, 0.3) is 11.8 Å². The first-order valence-electron chi connectivity index (χ1n) is 9.19. The van der Waals surface area contributed by atoms with Crippen molar-refractivity contribution >= 4 is 39.6 Å². The van der Waals surface area contributed by atoms with Crippen molar-refractivity contribution in [1.82, 2.24) is 5.43 Å². The van der Waals surface area contributed by atoms with Crippen LogP contribution in [-0.4, -0.2) is 24.6 Å². The molecule has 152 valence electrons. The third-order valence-electron chi connectivity index (χ3n) is 4.15. The number of carbonyl (C=O) groups excluding carboxylic acids is 2. The van der Waals surface area contributed by atoms with Gasteiger partial charge in [-0.05, 0) is 70.4 Å². The van der Waals surface area contributed by atoms with Gasteiger partial charge in [0.05, 0.1) is 10.7 Å². The van der Waals surface area contributed by atoms with Gasteiger partial charge < -0.3 is 10.1 Å². The lowest BCUT2D eigenvalue weighted by Crippen LogP contribution is -2.20. The minimum absolute atomic E-state index is 0.118. The maximum Gasteiger partial charge on any atom is 0.271 e. The number of hydrogen-bond donors (Lipinski definition) is 2. The second-order valence-electron chi connectivity index (χ2n) is 6.41. The second kappa shape index (κ2) is 10.4. The molecular weight excluding hydrogens is 446 g/mol. The van der Waals surface area contributed by atoms with Crippen molar-refractivity contribution in [1.29, 1.82) is 0 Å². The summed E-state index contributed by atoms with van der Waals surface area (Å²) in [7, 11) is 0. The summed E-state index contributed by atoms with van der Waals surface area (Å²) in [6, 6.07) is 21.7. The molecule has 0 heterocycles. The van der Waals surface area contributed by atoms with Gasteiger partial charge in [-0.2, -0.15) is 5.10 Å². The molecule has 0 aliphatic rings.